The molecule has 134 valence electrons. The van der Waals surface area contributed by atoms with Gasteiger partial charge >= 0.3 is 0 Å². The average Bonchev–Trinajstić information content (AvgIpc) is 2.93. The van der Waals surface area contributed by atoms with Crippen LogP contribution in [0.15, 0.2) is 10.6 Å². The van der Waals surface area contributed by atoms with E-state index < -0.39 is 0 Å². The predicted octanol–water partition coefficient (Wildman–Crippen LogP) is 2.46. The second-order valence-electron chi connectivity index (χ2n) is 6.59. The molecule has 3 rings (SSSR count). The van der Waals surface area contributed by atoms with E-state index in [4.69, 9.17) is 15.2 Å². The Kier molecular flexibility index (Phi) is 5.13. The van der Waals surface area contributed by atoms with E-state index in [0.717, 1.165) is 54.2 Å². The van der Waals surface area contributed by atoms with Gasteiger partial charge in [0.1, 0.15) is 5.76 Å². The number of aryl methyl sites for hydroxylation is 3. The van der Waals surface area contributed by atoms with Gasteiger partial charge in [0.2, 0.25) is 5.91 Å². The summed E-state index contributed by atoms with van der Waals surface area (Å²) in [6.07, 6.45) is 3.31. The van der Waals surface area contributed by atoms with Gasteiger partial charge in [-0.3, -0.25) is 4.79 Å². The third-order valence-electron chi connectivity index (χ3n) is 4.64. The lowest BCUT2D eigenvalue weighted by molar-refractivity contribution is -0.135. The summed E-state index contributed by atoms with van der Waals surface area (Å²) in [6.45, 7) is 6.83. The lowest BCUT2D eigenvalue weighted by Gasteiger charge is -2.35. The van der Waals surface area contributed by atoms with Crippen LogP contribution in [-0.4, -0.2) is 39.0 Å². The molecule has 1 atom stereocenters. The Labute approximate surface area is 147 Å². The molecule has 2 aromatic rings. The molecule has 0 radical (unpaired) electrons. The molecule has 1 unspecified atom stereocenters. The fraction of sp³-hybridized carbons (Fsp3) is 0.556. The average molecular weight is 343 g/mol. The lowest BCUT2D eigenvalue weighted by Crippen LogP contribution is -2.40. The highest BCUT2D eigenvalue weighted by Crippen LogP contribution is 2.32. The van der Waals surface area contributed by atoms with E-state index >= 15 is 0 Å². The molecule has 7 heteroatoms. The van der Waals surface area contributed by atoms with E-state index in [9.17, 15) is 4.79 Å². The first-order chi connectivity index (χ1) is 12.0. The quantitative estimate of drug-likeness (QED) is 0.915. The minimum Gasteiger partial charge on any atom is -0.361 e. The van der Waals surface area contributed by atoms with Crippen LogP contribution in [0.5, 0.6) is 0 Å². The van der Waals surface area contributed by atoms with E-state index in [1.165, 1.54) is 0 Å². The maximum absolute atomic E-state index is 12.5. The Balaban J connectivity index is 2.00. The molecule has 2 N–H and O–H groups in total. The molecule has 2 aromatic heterocycles. The maximum Gasteiger partial charge on any atom is 0.224 e. The van der Waals surface area contributed by atoms with Gasteiger partial charge in [-0.05, 0) is 46.1 Å². The summed E-state index contributed by atoms with van der Waals surface area (Å²) in [5.41, 5.74) is 8.95. The Hall–Kier alpha value is -2.28. The number of rotatable bonds is 4. The molecule has 0 saturated carbocycles. The van der Waals surface area contributed by atoms with Gasteiger partial charge in [-0.2, -0.15) is 0 Å². The molecular weight excluding hydrogens is 318 g/mol. The SMILES string of the molecule is Cc1cc(-c2c(C)noc2C)nc(C2CCCCN2C(=O)CCN)n1. The summed E-state index contributed by atoms with van der Waals surface area (Å²) in [5, 5.41) is 4.02. The fourth-order valence-electron chi connectivity index (χ4n) is 3.48. The molecule has 0 aromatic carbocycles. The van der Waals surface area contributed by atoms with Crippen molar-refractivity contribution in [3.8, 4) is 11.3 Å². The zero-order chi connectivity index (χ0) is 18.0. The highest BCUT2D eigenvalue weighted by atomic mass is 16.5. The number of amides is 1. The van der Waals surface area contributed by atoms with Crippen LogP contribution in [-0.2, 0) is 4.79 Å². The Morgan fingerprint density at radius 2 is 2.12 bits per heavy atom. The largest absolute Gasteiger partial charge is 0.361 e. The van der Waals surface area contributed by atoms with Crippen LogP contribution < -0.4 is 5.73 Å². The van der Waals surface area contributed by atoms with Crippen LogP contribution in [0.2, 0.25) is 0 Å². The van der Waals surface area contributed by atoms with E-state index in [1.54, 1.807) is 0 Å². The molecule has 1 aliphatic rings. The third kappa shape index (κ3) is 3.56. The van der Waals surface area contributed by atoms with E-state index in [0.29, 0.717) is 18.8 Å². The number of hydrogen-bond acceptors (Lipinski definition) is 6. The van der Waals surface area contributed by atoms with Gasteiger partial charge in [0.05, 0.1) is 23.0 Å². The van der Waals surface area contributed by atoms with Crippen molar-refractivity contribution in [3.05, 3.63) is 29.0 Å². The summed E-state index contributed by atoms with van der Waals surface area (Å²) in [5.74, 6) is 1.51. The number of piperidine rings is 1. The first kappa shape index (κ1) is 17.5. The predicted molar refractivity (Wildman–Crippen MR) is 93.7 cm³/mol. The molecule has 0 spiro atoms. The number of nitrogens with zero attached hydrogens (tertiary/aromatic N) is 4. The van der Waals surface area contributed by atoms with Crippen LogP contribution in [0, 0.1) is 20.8 Å². The third-order valence-corrected chi connectivity index (χ3v) is 4.64. The van der Waals surface area contributed by atoms with E-state index in [1.807, 2.05) is 31.7 Å². The zero-order valence-electron chi connectivity index (χ0n) is 15.1. The summed E-state index contributed by atoms with van der Waals surface area (Å²) < 4.78 is 5.28. The van der Waals surface area contributed by atoms with Crippen molar-refractivity contribution in [2.75, 3.05) is 13.1 Å². The molecule has 7 nitrogen and oxygen atoms in total. The number of carbonyl (C=O) groups excluding carboxylic acids is 1. The van der Waals surface area contributed by atoms with Gasteiger partial charge in [-0.25, -0.2) is 9.97 Å². The monoisotopic (exact) mass is 343 g/mol. The van der Waals surface area contributed by atoms with Gasteiger partial charge in [-0.15, -0.1) is 0 Å². The van der Waals surface area contributed by atoms with Crippen molar-refractivity contribution >= 4 is 5.91 Å². The van der Waals surface area contributed by atoms with Gasteiger partial charge in [0.15, 0.2) is 5.82 Å². The maximum atomic E-state index is 12.5. The van der Waals surface area contributed by atoms with E-state index in [-0.39, 0.29) is 11.9 Å². The number of nitrogens with two attached hydrogens (primary N) is 1. The summed E-state index contributed by atoms with van der Waals surface area (Å²) in [4.78, 5) is 23.8. The lowest BCUT2D eigenvalue weighted by atomic mass is 10.00. The second-order valence-corrected chi connectivity index (χ2v) is 6.59. The van der Waals surface area contributed by atoms with Crippen molar-refractivity contribution in [2.24, 2.45) is 5.73 Å². The zero-order valence-corrected chi connectivity index (χ0v) is 15.1. The van der Waals surface area contributed by atoms with E-state index in [2.05, 4.69) is 10.1 Å². The summed E-state index contributed by atoms with van der Waals surface area (Å²) in [6, 6.07) is 1.84. The van der Waals surface area contributed by atoms with Gasteiger partial charge in [-0.1, -0.05) is 5.16 Å². The molecule has 25 heavy (non-hydrogen) atoms. The molecular formula is C18H25N5O2. The summed E-state index contributed by atoms with van der Waals surface area (Å²) in [7, 11) is 0. The molecule has 3 heterocycles. The van der Waals surface area contributed by atoms with Gasteiger partial charge in [0.25, 0.3) is 0 Å². The van der Waals surface area contributed by atoms with Crippen LogP contribution in [0.4, 0.5) is 0 Å². The number of carbonyl (C=O) groups is 1. The number of hydrogen-bond donors (Lipinski definition) is 1. The molecule has 1 aliphatic heterocycles. The van der Waals surface area contributed by atoms with Crippen LogP contribution in [0.1, 0.15) is 54.7 Å². The van der Waals surface area contributed by atoms with Crippen molar-refractivity contribution in [1.29, 1.82) is 0 Å². The second kappa shape index (κ2) is 7.31. The minimum absolute atomic E-state index is 0.0798. The molecule has 0 aliphatic carbocycles. The van der Waals surface area contributed by atoms with Crippen molar-refractivity contribution in [2.45, 2.75) is 52.5 Å². The van der Waals surface area contributed by atoms with Crippen molar-refractivity contribution in [3.63, 3.8) is 0 Å². The normalized spacial score (nSPS) is 17.8. The molecule has 1 fully saturated rings. The first-order valence-corrected chi connectivity index (χ1v) is 8.79. The smallest absolute Gasteiger partial charge is 0.224 e. The Bertz CT molecular complexity index is 751. The van der Waals surface area contributed by atoms with Crippen LogP contribution in [0.3, 0.4) is 0 Å². The minimum atomic E-state index is -0.0908. The van der Waals surface area contributed by atoms with Crippen molar-refractivity contribution in [1.82, 2.24) is 20.0 Å². The van der Waals surface area contributed by atoms with Gasteiger partial charge < -0.3 is 15.2 Å². The molecule has 1 saturated heterocycles. The topological polar surface area (TPSA) is 98.1 Å². The van der Waals surface area contributed by atoms with Gasteiger partial charge in [0, 0.05) is 25.2 Å². The Morgan fingerprint density at radius 1 is 1.32 bits per heavy atom. The Morgan fingerprint density at radius 3 is 2.80 bits per heavy atom. The fourth-order valence-corrected chi connectivity index (χ4v) is 3.48. The van der Waals surface area contributed by atoms with Crippen LogP contribution in [0.25, 0.3) is 11.3 Å². The van der Waals surface area contributed by atoms with Crippen LogP contribution >= 0.6 is 0 Å². The standard InChI is InChI=1S/C18H25N5O2/c1-11-10-14(17-12(2)22-25-13(17)3)21-18(20-11)15-6-4-5-9-23(15)16(24)7-8-19/h10,15H,4-9,19H2,1-3H3. The molecule has 0 bridgehead atoms. The number of aromatic nitrogens is 3. The number of likely N-dealkylation sites (tertiary alicyclic amines) is 1. The first-order valence-electron chi connectivity index (χ1n) is 8.79. The van der Waals surface area contributed by atoms with Crippen molar-refractivity contribution < 1.29 is 9.32 Å². The summed E-state index contributed by atoms with van der Waals surface area (Å²) >= 11 is 0. The highest BCUT2D eigenvalue weighted by Gasteiger charge is 2.30. The highest BCUT2D eigenvalue weighted by molar-refractivity contribution is 5.77. The molecule has 1 amide bonds.